The minimum atomic E-state index is -0.146. The van der Waals surface area contributed by atoms with Gasteiger partial charge in [-0.2, -0.15) is 0 Å². The van der Waals surface area contributed by atoms with Crippen molar-refractivity contribution >= 4 is 29.9 Å². The Labute approximate surface area is 202 Å². The predicted octanol–water partition coefficient (Wildman–Crippen LogP) is 4.14. The predicted molar refractivity (Wildman–Crippen MR) is 133 cm³/mol. The number of ether oxygens (including phenoxy) is 2. The number of benzene rings is 2. The van der Waals surface area contributed by atoms with Crippen molar-refractivity contribution in [3.8, 4) is 5.75 Å². The molecule has 0 aliphatic rings. The minimum absolute atomic E-state index is 0. The smallest absolute Gasteiger partial charge is 0.257 e. The molecular formula is C24H36Cl2N2O4. The summed E-state index contributed by atoms with van der Waals surface area (Å²) in [5, 5.41) is 6.85. The molecule has 0 aliphatic heterocycles. The van der Waals surface area contributed by atoms with Gasteiger partial charge in [0.25, 0.3) is 5.91 Å². The van der Waals surface area contributed by atoms with Gasteiger partial charge in [0.2, 0.25) is 0 Å². The summed E-state index contributed by atoms with van der Waals surface area (Å²) in [6.45, 7) is 5.81. The molecule has 0 aliphatic carbocycles. The number of unbranched alkanes of at least 4 members (excludes halogenated alkanes) is 1. The van der Waals surface area contributed by atoms with E-state index in [-0.39, 0.29) is 42.5 Å². The van der Waals surface area contributed by atoms with Crippen LogP contribution in [0, 0.1) is 0 Å². The van der Waals surface area contributed by atoms with Gasteiger partial charge in [-0.3, -0.25) is 4.79 Å². The third kappa shape index (κ3) is 11.2. The van der Waals surface area contributed by atoms with Gasteiger partial charge in [-0.15, -0.1) is 12.4 Å². The molecule has 0 aromatic heterocycles. The molecule has 0 saturated carbocycles. The first kappa shape index (κ1) is 30.2. The van der Waals surface area contributed by atoms with Gasteiger partial charge in [0.1, 0.15) is 5.75 Å². The van der Waals surface area contributed by atoms with E-state index in [4.69, 9.17) is 21.1 Å². The Bertz CT molecular complexity index is 775. The molecule has 8 heteroatoms. The first-order valence-electron chi connectivity index (χ1n) is 10.5. The Balaban J connectivity index is 0.00000480. The highest BCUT2D eigenvalue weighted by atomic mass is 35.5. The lowest BCUT2D eigenvalue weighted by atomic mass is 10.1. The van der Waals surface area contributed by atoms with Crippen LogP contribution in [-0.2, 0) is 16.0 Å². The number of carbonyl (C=O) groups is 1. The second kappa shape index (κ2) is 16.8. The standard InChI is InChI=1S/C24H33ClN2O3.ClH.H2O/c1-4-5-13-29-23(20-7-6-8-21(25)15-20)16-27-18(2)14-19-9-11-22(12-10-19)30-17-24(28)26-3;;/h6-12,15,18,23,27H,4-5,13-14,16-17H2,1-3H3,(H,26,28);1H;1H2. The van der Waals surface area contributed by atoms with Crippen molar-refractivity contribution < 1.29 is 19.7 Å². The highest BCUT2D eigenvalue weighted by Crippen LogP contribution is 2.21. The lowest BCUT2D eigenvalue weighted by Crippen LogP contribution is -2.33. The molecule has 0 fully saturated rings. The number of carbonyl (C=O) groups excluding carboxylic acids is 1. The zero-order chi connectivity index (χ0) is 21.8. The molecule has 0 bridgehead atoms. The fraction of sp³-hybridized carbons (Fsp3) is 0.458. The number of hydrogen-bond donors (Lipinski definition) is 2. The van der Waals surface area contributed by atoms with Crippen LogP contribution in [0.5, 0.6) is 5.75 Å². The Hall–Kier alpha value is -1.83. The number of halogens is 2. The van der Waals surface area contributed by atoms with Gasteiger partial charge in [0.15, 0.2) is 6.61 Å². The monoisotopic (exact) mass is 486 g/mol. The Kier molecular flexibility index (Phi) is 15.8. The number of rotatable bonds is 13. The molecule has 2 unspecified atom stereocenters. The van der Waals surface area contributed by atoms with Crippen LogP contribution < -0.4 is 15.4 Å². The fourth-order valence-electron chi connectivity index (χ4n) is 3.03. The van der Waals surface area contributed by atoms with Gasteiger partial charge in [0, 0.05) is 31.3 Å². The van der Waals surface area contributed by atoms with Crippen LogP contribution in [0.2, 0.25) is 5.02 Å². The molecule has 1 amide bonds. The first-order valence-corrected chi connectivity index (χ1v) is 10.9. The second-order valence-electron chi connectivity index (χ2n) is 7.39. The average molecular weight is 487 g/mol. The molecule has 0 saturated heterocycles. The number of nitrogens with one attached hydrogen (secondary N) is 2. The Morgan fingerprint density at radius 2 is 1.88 bits per heavy atom. The maximum Gasteiger partial charge on any atom is 0.257 e. The molecule has 2 aromatic rings. The third-order valence-electron chi connectivity index (χ3n) is 4.80. The summed E-state index contributed by atoms with van der Waals surface area (Å²) in [5.74, 6) is 0.542. The summed E-state index contributed by atoms with van der Waals surface area (Å²) in [6, 6.07) is 16.0. The quantitative estimate of drug-likeness (QED) is 0.416. The topological polar surface area (TPSA) is 91.1 Å². The SMILES string of the molecule is CCCCOC(CNC(C)Cc1ccc(OCC(=O)NC)cc1)c1cccc(Cl)c1.Cl.O. The second-order valence-corrected chi connectivity index (χ2v) is 7.82. The summed E-state index contributed by atoms with van der Waals surface area (Å²) in [5.41, 5.74) is 2.30. The van der Waals surface area contributed by atoms with E-state index in [0.717, 1.165) is 43.0 Å². The van der Waals surface area contributed by atoms with Crippen LogP contribution in [0.25, 0.3) is 0 Å². The third-order valence-corrected chi connectivity index (χ3v) is 5.04. The lowest BCUT2D eigenvalue weighted by Gasteiger charge is -2.22. The van der Waals surface area contributed by atoms with Crippen LogP contribution in [0.3, 0.4) is 0 Å². The van der Waals surface area contributed by atoms with E-state index < -0.39 is 0 Å². The van der Waals surface area contributed by atoms with Crippen molar-refractivity contribution in [2.75, 3.05) is 26.8 Å². The molecule has 4 N–H and O–H groups in total. The van der Waals surface area contributed by atoms with Gasteiger partial charge < -0.3 is 25.6 Å². The molecule has 6 nitrogen and oxygen atoms in total. The van der Waals surface area contributed by atoms with Crippen LogP contribution in [0.15, 0.2) is 48.5 Å². The van der Waals surface area contributed by atoms with E-state index in [0.29, 0.717) is 5.75 Å². The van der Waals surface area contributed by atoms with Crippen molar-refractivity contribution in [3.63, 3.8) is 0 Å². The van der Waals surface area contributed by atoms with E-state index in [1.807, 2.05) is 42.5 Å². The van der Waals surface area contributed by atoms with E-state index in [1.165, 1.54) is 5.56 Å². The van der Waals surface area contributed by atoms with E-state index in [2.05, 4.69) is 30.5 Å². The van der Waals surface area contributed by atoms with Crippen molar-refractivity contribution in [2.24, 2.45) is 0 Å². The van der Waals surface area contributed by atoms with Crippen LogP contribution in [0.1, 0.15) is 43.9 Å². The largest absolute Gasteiger partial charge is 0.484 e. The zero-order valence-corrected chi connectivity index (χ0v) is 20.6. The number of hydrogen-bond acceptors (Lipinski definition) is 4. The highest BCUT2D eigenvalue weighted by Gasteiger charge is 2.14. The molecule has 32 heavy (non-hydrogen) atoms. The summed E-state index contributed by atoms with van der Waals surface area (Å²) in [4.78, 5) is 11.3. The average Bonchev–Trinajstić information content (AvgIpc) is 2.75. The van der Waals surface area contributed by atoms with E-state index >= 15 is 0 Å². The van der Waals surface area contributed by atoms with E-state index in [9.17, 15) is 4.79 Å². The highest BCUT2D eigenvalue weighted by molar-refractivity contribution is 6.30. The summed E-state index contributed by atoms with van der Waals surface area (Å²) >= 11 is 6.17. The lowest BCUT2D eigenvalue weighted by molar-refractivity contribution is -0.122. The summed E-state index contributed by atoms with van der Waals surface area (Å²) in [6.07, 6.45) is 3.00. The molecule has 2 atom stereocenters. The molecule has 0 heterocycles. The first-order chi connectivity index (χ1) is 14.5. The van der Waals surface area contributed by atoms with Crippen molar-refractivity contribution in [1.82, 2.24) is 10.6 Å². The van der Waals surface area contributed by atoms with Crippen LogP contribution in [0.4, 0.5) is 0 Å². The van der Waals surface area contributed by atoms with Crippen molar-refractivity contribution in [3.05, 3.63) is 64.7 Å². The van der Waals surface area contributed by atoms with Crippen LogP contribution in [-0.4, -0.2) is 44.2 Å². The fourth-order valence-corrected chi connectivity index (χ4v) is 3.23. The Morgan fingerprint density at radius 1 is 1.16 bits per heavy atom. The number of amides is 1. The van der Waals surface area contributed by atoms with Crippen LogP contribution >= 0.6 is 24.0 Å². The molecule has 2 aromatic carbocycles. The molecule has 2 rings (SSSR count). The van der Waals surface area contributed by atoms with Crippen molar-refractivity contribution in [2.45, 2.75) is 45.3 Å². The molecular weight excluding hydrogens is 451 g/mol. The zero-order valence-electron chi connectivity index (χ0n) is 19.0. The molecule has 0 radical (unpaired) electrons. The normalized spacial score (nSPS) is 12.1. The maximum absolute atomic E-state index is 11.3. The number of likely N-dealkylation sites (N-methyl/N-ethyl adjacent to an activating group) is 1. The summed E-state index contributed by atoms with van der Waals surface area (Å²) in [7, 11) is 1.59. The summed E-state index contributed by atoms with van der Waals surface area (Å²) < 4.78 is 11.6. The Morgan fingerprint density at radius 3 is 2.50 bits per heavy atom. The molecule has 180 valence electrons. The van der Waals surface area contributed by atoms with Crippen molar-refractivity contribution in [1.29, 1.82) is 0 Å². The molecule has 0 spiro atoms. The maximum atomic E-state index is 11.3. The van der Waals surface area contributed by atoms with Gasteiger partial charge >= 0.3 is 0 Å². The van der Waals surface area contributed by atoms with Gasteiger partial charge in [-0.25, -0.2) is 0 Å². The van der Waals surface area contributed by atoms with Gasteiger partial charge in [-0.05, 0) is 55.2 Å². The van der Waals surface area contributed by atoms with Gasteiger partial charge in [-0.1, -0.05) is 49.2 Å². The van der Waals surface area contributed by atoms with E-state index in [1.54, 1.807) is 7.05 Å². The van der Waals surface area contributed by atoms with Gasteiger partial charge in [0.05, 0.1) is 6.10 Å². The minimum Gasteiger partial charge on any atom is -0.484 e.